The molecule has 0 N–H and O–H groups in total. The van der Waals surface area contributed by atoms with Gasteiger partial charge in [0.1, 0.15) is 0 Å². The number of benzene rings is 3. The quantitative estimate of drug-likeness (QED) is 0.270. The monoisotopic (exact) mass is 448 g/mol. The maximum atomic E-state index is 7.72. The lowest BCUT2D eigenvalue weighted by Crippen LogP contribution is -2.11. The first-order valence-electron chi connectivity index (χ1n) is 12.0. The van der Waals surface area contributed by atoms with Crippen LogP contribution in [-0.2, 0) is 12.8 Å². The van der Waals surface area contributed by atoms with Gasteiger partial charge in [0.05, 0.1) is 12.3 Å². The van der Waals surface area contributed by atoms with Crippen LogP contribution in [0.25, 0.3) is 33.3 Å². The van der Waals surface area contributed by atoms with Crippen LogP contribution >= 0.6 is 0 Å². The smallest absolute Gasteiger partial charge is 0.187 e. The third-order valence-corrected chi connectivity index (χ3v) is 5.94. The highest BCUT2D eigenvalue weighted by Gasteiger charge is 2.24. The molecule has 4 heteroatoms. The van der Waals surface area contributed by atoms with E-state index in [1.807, 2.05) is 18.2 Å². The summed E-state index contributed by atoms with van der Waals surface area (Å²) in [6.45, 7) is 18.7. The maximum absolute atomic E-state index is 7.72. The average molecular weight is 449 g/mol. The van der Waals surface area contributed by atoms with E-state index in [2.05, 4.69) is 92.6 Å². The molecule has 0 saturated heterocycles. The summed E-state index contributed by atoms with van der Waals surface area (Å²) >= 11 is 0. The Labute approximate surface area is 203 Å². The summed E-state index contributed by atoms with van der Waals surface area (Å²) in [5.74, 6) is 2.56. The fraction of sp³-hybridized carbons (Fsp3) is 0.300. The summed E-state index contributed by atoms with van der Waals surface area (Å²) in [4.78, 5) is 3.81. The van der Waals surface area contributed by atoms with Crippen LogP contribution in [0, 0.1) is 25.3 Å². The lowest BCUT2D eigenvalue weighted by Gasteiger charge is -2.22. The lowest BCUT2D eigenvalue weighted by atomic mass is 9.92. The van der Waals surface area contributed by atoms with E-state index in [1.165, 1.54) is 11.1 Å². The first-order valence-corrected chi connectivity index (χ1v) is 12.0. The number of aromatic nitrogens is 3. The third-order valence-electron chi connectivity index (χ3n) is 5.94. The van der Waals surface area contributed by atoms with Crippen molar-refractivity contribution in [2.45, 2.75) is 47.5 Å². The highest BCUT2D eigenvalue weighted by molar-refractivity contribution is 5.72. The first kappa shape index (κ1) is 23.4. The molecule has 4 nitrogen and oxygen atoms in total. The molecule has 3 aromatic carbocycles. The van der Waals surface area contributed by atoms with Gasteiger partial charge in [0, 0.05) is 11.1 Å². The van der Waals surface area contributed by atoms with Gasteiger partial charge in [-0.1, -0.05) is 94.4 Å². The van der Waals surface area contributed by atoms with E-state index in [0.717, 1.165) is 46.9 Å². The molecule has 4 aromatic rings. The van der Waals surface area contributed by atoms with Crippen LogP contribution in [0.2, 0.25) is 0 Å². The zero-order chi connectivity index (χ0) is 24.2. The Balaban J connectivity index is 2.11. The molecule has 4 rings (SSSR count). The topological polar surface area (TPSA) is 35.1 Å². The van der Waals surface area contributed by atoms with E-state index in [4.69, 9.17) is 16.8 Å². The molecule has 172 valence electrons. The van der Waals surface area contributed by atoms with Gasteiger partial charge in [-0.3, -0.25) is 4.57 Å². The Morgan fingerprint density at radius 2 is 1.35 bits per heavy atom. The standard InChI is InChI=1S/C30H32N4/c1-20(2)16-24-18-26(31-6)19-25(17-21(3)4)28(24)34-29(23-13-8-7-9-14-23)32-33-30(34)27-15-11-10-12-22(27)5/h7-15,18-21H,16-17H2,1-5H3. The second kappa shape index (κ2) is 10.1. The molecule has 0 aliphatic heterocycles. The van der Waals surface area contributed by atoms with E-state index >= 15 is 0 Å². The Morgan fingerprint density at radius 3 is 1.91 bits per heavy atom. The Kier molecular flexibility index (Phi) is 6.93. The van der Waals surface area contributed by atoms with Gasteiger partial charge in [-0.2, -0.15) is 0 Å². The van der Waals surface area contributed by atoms with Crippen LogP contribution in [0.3, 0.4) is 0 Å². The summed E-state index contributed by atoms with van der Waals surface area (Å²) in [6, 6.07) is 22.7. The number of hydrogen-bond donors (Lipinski definition) is 0. The second-order valence-electron chi connectivity index (χ2n) is 9.78. The molecule has 0 radical (unpaired) electrons. The molecule has 34 heavy (non-hydrogen) atoms. The van der Waals surface area contributed by atoms with Crippen molar-refractivity contribution in [3.63, 3.8) is 0 Å². The molecule has 1 aromatic heterocycles. The summed E-state index contributed by atoms with van der Waals surface area (Å²) in [7, 11) is 0. The van der Waals surface area contributed by atoms with Crippen molar-refractivity contribution in [3.05, 3.63) is 94.8 Å². The highest BCUT2D eigenvalue weighted by Crippen LogP contribution is 2.37. The van der Waals surface area contributed by atoms with Gasteiger partial charge in [-0.25, -0.2) is 4.85 Å². The van der Waals surface area contributed by atoms with Gasteiger partial charge < -0.3 is 0 Å². The predicted molar refractivity (Wildman–Crippen MR) is 140 cm³/mol. The fourth-order valence-corrected chi connectivity index (χ4v) is 4.55. The van der Waals surface area contributed by atoms with Crippen molar-refractivity contribution in [1.29, 1.82) is 0 Å². The zero-order valence-electron chi connectivity index (χ0n) is 20.7. The third kappa shape index (κ3) is 4.79. The van der Waals surface area contributed by atoms with Crippen molar-refractivity contribution in [2.75, 3.05) is 0 Å². The van der Waals surface area contributed by atoms with Crippen LogP contribution in [0.1, 0.15) is 44.4 Å². The molecule has 0 saturated carbocycles. The molecule has 0 amide bonds. The van der Waals surface area contributed by atoms with Gasteiger partial charge >= 0.3 is 0 Å². The Morgan fingerprint density at radius 1 is 0.794 bits per heavy atom. The van der Waals surface area contributed by atoms with Crippen LogP contribution in [-0.4, -0.2) is 14.8 Å². The van der Waals surface area contributed by atoms with Gasteiger partial charge in [0.15, 0.2) is 17.3 Å². The van der Waals surface area contributed by atoms with Crippen molar-refractivity contribution in [3.8, 4) is 28.5 Å². The number of rotatable bonds is 7. The molecule has 0 bridgehead atoms. The average Bonchev–Trinajstić information content (AvgIpc) is 3.23. The summed E-state index contributed by atoms with van der Waals surface area (Å²) < 4.78 is 2.24. The van der Waals surface area contributed by atoms with Crippen molar-refractivity contribution in [1.82, 2.24) is 14.8 Å². The van der Waals surface area contributed by atoms with E-state index < -0.39 is 0 Å². The SMILES string of the molecule is [C-]#[N+]c1cc(CC(C)C)c(-n2c(-c3ccccc3)nnc2-c2ccccc2C)c(CC(C)C)c1. The van der Waals surface area contributed by atoms with E-state index in [0.29, 0.717) is 17.5 Å². The molecule has 0 unspecified atom stereocenters. The van der Waals surface area contributed by atoms with Gasteiger partial charge in [0.2, 0.25) is 0 Å². The summed E-state index contributed by atoms with van der Waals surface area (Å²) in [5, 5.41) is 9.45. The van der Waals surface area contributed by atoms with E-state index in [-0.39, 0.29) is 0 Å². The van der Waals surface area contributed by atoms with Crippen molar-refractivity contribution >= 4 is 5.69 Å². The van der Waals surface area contributed by atoms with Gasteiger partial charge in [-0.15, -0.1) is 10.2 Å². The molecular formula is C30H32N4. The lowest BCUT2D eigenvalue weighted by molar-refractivity contribution is 0.632. The largest absolute Gasteiger partial charge is 0.275 e. The van der Waals surface area contributed by atoms with Crippen LogP contribution < -0.4 is 0 Å². The fourth-order valence-electron chi connectivity index (χ4n) is 4.55. The van der Waals surface area contributed by atoms with Crippen molar-refractivity contribution < 1.29 is 0 Å². The molecular weight excluding hydrogens is 416 g/mol. The van der Waals surface area contributed by atoms with Crippen LogP contribution in [0.5, 0.6) is 0 Å². The molecule has 0 atom stereocenters. The minimum absolute atomic E-state index is 0.449. The Bertz CT molecular complexity index is 1290. The van der Waals surface area contributed by atoms with Crippen LogP contribution in [0.15, 0.2) is 66.7 Å². The minimum atomic E-state index is 0.449. The number of aryl methyl sites for hydroxylation is 1. The normalized spacial score (nSPS) is 11.2. The van der Waals surface area contributed by atoms with E-state index in [9.17, 15) is 0 Å². The maximum Gasteiger partial charge on any atom is 0.187 e. The number of hydrogen-bond acceptors (Lipinski definition) is 2. The van der Waals surface area contributed by atoms with E-state index in [1.54, 1.807) is 0 Å². The Hall–Kier alpha value is -3.71. The molecule has 0 spiro atoms. The molecule has 1 heterocycles. The molecule has 0 aliphatic carbocycles. The zero-order valence-corrected chi connectivity index (χ0v) is 20.7. The first-order chi connectivity index (χ1) is 16.4. The second-order valence-corrected chi connectivity index (χ2v) is 9.78. The minimum Gasteiger partial charge on any atom is -0.275 e. The number of nitrogens with zero attached hydrogens (tertiary/aromatic N) is 4. The van der Waals surface area contributed by atoms with Crippen molar-refractivity contribution in [2.24, 2.45) is 11.8 Å². The van der Waals surface area contributed by atoms with Gasteiger partial charge in [0.25, 0.3) is 0 Å². The molecule has 0 aliphatic rings. The highest BCUT2D eigenvalue weighted by atomic mass is 15.3. The predicted octanol–water partition coefficient (Wildman–Crippen LogP) is 7.86. The van der Waals surface area contributed by atoms with Crippen LogP contribution in [0.4, 0.5) is 5.69 Å². The summed E-state index contributed by atoms with van der Waals surface area (Å²) in [6.07, 6.45) is 1.76. The molecule has 0 fully saturated rings. The summed E-state index contributed by atoms with van der Waals surface area (Å²) in [5.41, 5.74) is 7.41. The van der Waals surface area contributed by atoms with Gasteiger partial charge in [-0.05, 0) is 48.3 Å².